The minimum Gasteiger partial charge on any atom is -0.340 e. The fourth-order valence-electron chi connectivity index (χ4n) is 2.65. The molecule has 146 valence electrons. The Morgan fingerprint density at radius 2 is 1.75 bits per heavy atom. The number of para-hydroxylation sites is 1. The van der Waals surface area contributed by atoms with E-state index in [2.05, 4.69) is 31.3 Å². The molecule has 1 atom stereocenters. The minimum absolute atomic E-state index is 0.0380. The maximum Gasteiger partial charge on any atom is 0.261 e. The number of hydrogen-bond donors (Lipinski definition) is 3. The zero-order chi connectivity index (χ0) is 20.3. The summed E-state index contributed by atoms with van der Waals surface area (Å²) in [4.78, 5) is 35.7. The fraction of sp³-hybridized carbons (Fsp3) is 0.167. The quantitative estimate of drug-likeness (QED) is 0.581. The predicted octanol–water partition coefficient (Wildman–Crippen LogP) is 1.78. The summed E-state index contributed by atoms with van der Waals surface area (Å²) in [6, 6.07) is 11.2. The van der Waals surface area contributed by atoms with Gasteiger partial charge in [-0.05, 0) is 42.8 Å². The SMILES string of the molecule is O=C1CCC(NC(=O)c2ccccc2NS(=O)(=O)c2ccc(Br)cc2)C(=O)N1. The zero-order valence-electron chi connectivity index (χ0n) is 14.4. The van der Waals surface area contributed by atoms with Crippen molar-refractivity contribution in [2.75, 3.05) is 4.72 Å². The average molecular weight is 466 g/mol. The molecule has 0 bridgehead atoms. The lowest BCUT2D eigenvalue weighted by Gasteiger charge is -2.22. The Balaban J connectivity index is 1.81. The number of halogens is 1. The van der Waals surface area contributed by atoms with Gasteiger partial charge in [-0.1, -0.05) is 28.1 Å². The van der Waals surface area contributed by atoms with E-state index < -0.39 is 33.8 Å². The Labute approximate surface area is 169 Å². The van der Waals surface area contributed by atoms with Gasteiger partial charge in [-0.3, -0.25) is 24.4 Å². The van der Waals surface area contributed by atoms with Gasteiger partial charge in [0.2, 0.25) is 11.8 Å². The maximum absolute atomic E-state index is 12.6. The molecule has 1 heterocycles. The van der Waals surface area contributed by atoms with E-state index in [1.165, 1.54) is 24.3 Å². The largest absolute Gasteiger partial charge is 0.340 e. The van der Waals surface area contributed by atoms with E-state index in [9.17, 15) is 22.8 Å². The highest BCUT2D eigenvalue weighted by Gasteiger charge is 2.29. The molecule has 1 aliphatic heterocycles. The molecule has 0 aromatic heterocycles. The van der Waals surface area contributed by atoms with Crippen molar-refractivity contribution in [3.05, 3.63) is 58.6 Å². The van der Waals surface area contributed by atoms with Crippen LogP contribution in [0.5, 0.6) is 0 Å². The summed E-state index contributed by atoms with van der Waals surface area (Å²) in [6.45, 7) is 0. The molecule has 2 aromatic rings. The van der Waals surface area contributed by atoms with Gasteiger partial charge >= 0.3 is 0 Å². The molecular formula is C18H16BrN3O5S. The summed E-state index contributed by atoms with van der Waals surface area (Å²) in [5.41, 5.74) is 0.142. The van der Waals surface area contributed by atoms with Crippen LogP contribution in [0.4, 0.5) is 5.69 Å². The van der Waals surface area contributed by atoms with E-state index >= 15 is 0 Å². The first-order valence-electron chi connectivity index (χ1n) is 8.28. The van der Waals surface area contributed by atoms with Gasteiger partial charge < -0.3 is 5.32 Å². The first-order valence-corrected chi connectivity index (χ1v) is 10.6. The van der Waals surface area contributed by atoms with Crippen LogP contribution in [0.2, 0.25) is 0 Å². The van der Waals surface area contributed by atoms with Crippen molar-refractivity contribution >= 4 is 49.4 Å². The van der Waals surface area contributed by atoms with E-state index in [0.717, 1.165) is 4.47 Å². The van der Waals surface area contributed by atoms with E-state index in [1.807, 2.05) is 0 Å². The number of anilines is 1. The molecule has 3 N–H and O–H groups in total. The number of amides is 3. The Hall–Kier alpha value is -2.72. The molecule has 3 amide bonds. The molecule has 10 heteroatoms. The van der Waals surface area contributed by atoms with Crippen LogP contribution in [-0.4, -0.2) is 32.2 Å². The van der Waals surface area contributed by atoms with Crippen LogP contribution in [0.15, 0.2) is 57.9 Å². The predicted molar refractivity (Wildman–Crippen MR) is 105 cm³/mol. The third-order valence-corrected chi connectivity index (χ3v) is 5.99. The van der Waals surface area contributed by atoms with E-state index in [0.29, 0.717) is 0 Å². The lowest BCUT2D eigenvalue weighted by atomic mass is 10.1. The Morgan fingerprint density at radius 3 is 2.43 bits per heavy atom. The van der Waals surface area contributed by atoms with Crippen molar-refractivity contribution in [1.29, 1.82) is 0 Å². The molecule has 3 rings (SSSR count). The lowest BCUT2D eigenvalue weighted by molar-refractivity contribution is -0.134. The van der Waals surface area contributed by atoms with Gasteiger partial charge in [-0.15, -0.1) is 0 Å². The van der Waals surface area contributed by atoms with Gasteiger partial charge in [0.1, 0.15) is 6.04 Å². The summed E-state index contributed by atoms with van der Waals surface area (Å²) < 4.78 is 28.3. The highest BCUT2D eigenvalue weighted by molar-refractivity contribution is 9.10. The maximum atomic E-state index is 12.6. The second-order valence-corrected chi connectivity index (χ2v) is 8.68. The van der Waals surface area contributed by atoms with E-state index in [4.69, 9.17) is 0 Å². The fourth-order valence-corrected chi connectivity index (χ4v) is 4.00. The van der Waals surface area contributed by atoms with Gasteiger partial charge in [0.15, 0.2) is 0 Å². The van der Waals surface area contributed by atoms with Crippen molar-refractivity contribution in [3.63, 3.8) is 0 Å². The standard InChI is InChI=1S/C18H16BrN3O5S/c19-11-5-7-12(8-6-11)28(26,27)22-14-4-2-1-3-13(14)17(24)20-15-9-10-16(23)21-18(15)25/h1-8,15,22H,9-10H2,(H,20,24)(H,21,23,25). The monoisotopic (exact) mass is 465 g/mol. The average Bonchev–Trinajstić information content (AvgIpc) is 2.64. The number of hydrogen-bond acceptors (Lipinski definition) is 5. The smallest absolute Gasteiger partial charge is 0.261 e. The van der Waals surface area contributed by atoms with Gasteiger partial charge in [-0.2, -0.15) is 0 Å². The first kappa shape index (κ1) is 20.0. The molecule has 0 radical (unpaired) electrons. The summed E-state index contributed by atoms with van der Waals surface area (Å²) >= 11 is 3.24. The summed E-state index contributed by atoms with van der Waals surface area (Å²) in [5.74, 6) is -1.60. The van der Waals surface area contributed by atoms with Crippen LogP contribution >= 0.6 is 15.9 Å². The molecule has 1 fully saturated rings. The van der Waals surface area contributed by atoms with Crippen LogP contribution < -0.4 is 15.4 Å². The Bertz CT molecular complexity index is 1040. The summed E-state index contributed by atoms with van der Waals surface area (Å²) in [5, 5.41) is 4.69. The van der Waals surface area contributed by atoms with Crippen molar-refractivity contribution in [2.24, 2.45) is 0 Å². The second kappa shape index (κ2) is 8.11. The molecule has 1 aliphatic rings. The molecule has 28 heavy (non-hydrogen) atoms. The van der Waals surface area contributed by atoms with Gasteiger partial charge in [0.25, 0.3) is 15.9 Å². The third-order valence-electron chi connectivity index (χ3n) is 4.08. The van der Waals surface area contributed by atoms with Crippen molar-refractivity contribution in [1.82, 2.24) is 10.6 Å². The van der Waals surface area contributed by atoms with Crippen LogP contribution in [-0.2, 0) is 19.6 Å². The molecule has 0 aliphatic carbocycles. The molecule has 0 saturated carbocycles. The number of piperidine rings is 1. The minimum atomic E-state index is -3.91. The highest BCUT2D eigenvalue weighted by atomic mass is 79.9. The van der Waals surface area contributed by atoms with Crippen molar-refractivity contribution < 1.29 is 22.8 Å². The van der Waals surface area contributed by atoms with Crippen LogP contribution in [0.3, 0.4) is 0 Å². The molecule has 8 nitrogen and oxygen atoms in total. The zero-order valence-corrected chi connectivity index (χ0v) is 16.8. The summed E-state index contributed by atoms with van der Waals surface area (Å²) in [6.07, 6.45) is 0.303. The highest BCUT2D eigenvalue weighted by Crippen LogP contribution is 2.22. The third kappa shape index (κ3) is 4.57. The second-order valence-electron chi connectivity index (χ2n) is 6.08. The van der Waals surface area contributed by atoms with Crippen LogP contribution in [0.25, 0.3) is 0 Å². The molecule has 1 unspecified atom stereocenters. The number of imide groups is 1. The van der Waals surface area contributed by atoms with E-state index in [1.54, 1.807) is 24.3 Å². The summed E-state index contributed by atoms with van der Waals surface area (Å²) in [7, 11) is -3.91. The van der Waals surface area contributed by atoms with Crippen molar-refractivity contribution in [3.8, 4) is 0 Å². The first-order chi connectivity index (χ1) is 13.3. The van der Waals surface area contributed by atoms with Crippen LogP contribution in [0.1, 0.15) is 23.2 Å². The van der Waals surface area contributed by atoms with Gasteiger partial charge in [0.05, 0.1) is 16.1 Å². The Morgan fingerprint density at radius 1 is 1.07 bits per heavy atom. The van der Waals surface area contributed by atoms with Gasteiger partial charge in [0, 0.05) is 10.9 Å². The number of benzene rings is 2. The number of sulfonamides is 1. The topological polar surface area (TPSA) is 121 Å². The number of nitrogens with one attached hydrogen (secondary N) is 3. The van der Waals surface area contributed by atoms with Crippen molar-refractivity contribution in [2.45, 2.75) is 23.8 Å². The number of carbonyl (C=O) groups excluding carboxylic acids is 3. The molecule has 2 aromatic carbocycles. The normalized spacial score (nSPS) is 17.0. The van der Waals surface area contributed by atoms with Crippen LogP contribution in [0, 0.1) is 0 Å². The lowest BCUT2D eigenvalue weighted by Crippen LogP contribution is -2.52. The Kier molecular flexibility index (Phi) is 5.80. The number of carbonyl (C=O) groups is 3. The van der Waals surface area contributed by atoms with E-state index in [-0.39, 0.29) is 29.0 Å². The molecule has 1 saturated heterocycles. The molecular weight excluding hydrogens is 450 g/mol. The van der Waals surface area contributed by atoms with Gasteiger partial charge in [-0.25, -0.2) is 8.42 Å². The number of rotatable bonds is 5. The molecule has 0 spiro atoms.